The topological polar surface area (TPSA) is 153 Å². The molecule has 1 N–H and O–H groups in total. The van der Waals surface area contributed by atoms with Crippen molar-refractivity contribution in [1.82, 2.24) is 5.32 Å². The molecule has 0 aromatic heterocycles. The van der Waals surface area contributed by atoms with Gasteiger partial charge in [-0.3, -0.25) is 9.59 Å². The van der Waals surface area contributed by atoms with Crippen molar-refractivity contribution < 1.29 is 43.3 Å². The molecule has 0 spiro atoms. The lowest BCUT2D eigenvalue weighted by molar-refractivity contribution is -0.763. The Kier molecular flexibility index (Phi) is 8.91. The number of amides is 1. The number of carbonyl (C=O) groups is 3. The van der Waals surface area contributed by atoms with Gasteiger partial charge < -0.3 is 29.1 Å². The Bertz CT molecular complexity index is 1430. The van der Waals surface area contributed by atoms with Crippen LogP contribution in [0.4, 0.5) is 0 Å². The molecule has 2 aliphatic carbocycles. The van der Waals surface area contributed by atoms with E-state index in [0.717, 1.165) is 11.1 Å². The van der Waals surface area contributed by atoms with E-state index in [1.165, 1.54) is 52.5 Å². The number of ketones is 1. The van der Waals surface area contributed by atoms with Crippen LogP contribution in [0, 0.1) is 16.0 Å². The molecule has 0 bridgehead atoms. The fourth-order valence-electron chi connectivity index (χ4n) is 5.22. The quantitative estimate of drug-likeness (QED) is 0.206. The van der Waals surface area contributed by atoms with E-state index in [0.29, 0.717) is 29.7 Å². The van der Waals surface area contributed by atoms with Crippen molar-refractivity contribution in [2.75, 3.05) is 21.3 Å². The number of ether oxygens (including phenoxy) is 4. The largest absolute Gasteiger partial charge is 0.493 e. The molecule has 2 aromatic rings. The lowest BCUT2D eigenvalue weighted by Crippen LogP contribution is -2.40. The van der Waals surface area contributed by atoms with Gasteiger partial charge in [-0.2, -0.15) is 0 Å². The minimum Gasteiger partial charge on any atom is -0.493 e. The summed E-state index contributed by atoms with van der Waals surface area (Å²) in [6.07, 6.45) is 4.52. The summed E-state index contributed by atoms with van der Waals surface area (Å²) in [7, 11) is 4.33. The van der Waals surface area contributed by atoms with E-state index in [4.69, 9.17) is 18.9 Å². The first-order valence-corrected chi connectivity index (χ1v) is 12.8. The molecule has 0 heterocycles. The Morgan fingerprint density at radius 3 is 2.37 bits per heavy atom. The number of hydrogen-bond acceptors (Lipinski definition) is 10. The minimum absolute atomic E-state index is 0.112. The fourth-order valence-corrected chi connectivity index (χ4v) is 5.22. The Balaban J connectivity index is 1.75. The number of Topliss-reactive ketones (excluding diaryl/α,β-unsaturated/α-hetero) is 1. The molecule has 1 unspecified atom stereocenters. The van der Waals surface area contributed by atoms with Crippen molar-refractivity contribution in [1.29, 1.82) is 0 Å². The van der Waals surface area contributed by atoms with Crippen molar-refractivity contribution >= 4 is 23.2 Å². The predicted molar refractivity (Wildman–Crippen MR) is 145 cm³/mol. The highest BCUT2D eigenvalue weighted by atomic mass is 16.9. The van der Waals surface area contributed by atoms with Gasteiger partial charge in [-0.15, -0.1) is 10.1 Å². The summed E-state index contributed by atoms with van der Waals surface area (Å²) in [4.78, 5) is 52.9. The summed E-state index contributed by atoms with van der Waals surface area (Å²) in [5.41, 5.74) is 2.95. The molecule has 0 aliphatic heterocycles. The highest BCUT2D eigenvalue weighted by Gasteiger charge is 2.38. The van der Waals surface area contributed by atoms with Gasteiger partial charge in [-0.25, -0.2) is 4.79 Å². The van der Waals surface area contributed by atoms with Crippen LogP contribution in [0.5, 0.6) is 17.2 Å². The molecule has 216 valence electrons. The van der Waals surface area contributed by atoms with Crippen LogP contribution in [0.1, 0.15) is 46.8 Å². The van der Waals surface area contributed by atoms with Gasteiger partial charge in [0.15, 0.2) is 23.0 Å². The van der Waals surface area contributed by atoms with Crippen LogP contribution in [-0.4, -0.2) is 50.1 Å². The van der Waals surface area contributed by atoms with E-state index in [1.807, 2.05) is 0 Å². The number of allylic oxidation sites excluding steroid dienone is 3. The van der Waals surface area contributed by atoms with Gasteiger partial charge in [-0.05, 0) is 53.8 Å². The number of nitrogens with zero attached hydrogens (tertiary/aromatic N) is 1. The van der Waals surface area contributed by atoms with Gasteiger partial charge in [0.1, 0.15) is 6.61 Å². The first-order valence-electron chi connectivity index (χ1n) is 12.8. The van der Waals surface area contributed by atoms with Crippen LogP contribution in [0.3, 0.4) is 0 Å². The molecule has 0 radical (unpaired) electrons. The third kappa shape index (κ3) is 6.32. The molecule has 2 aromatic carbocycles. The molecule has 12 heteroatoms. The second-order valence-electron chi connectivity index (χ2n) is 9.50. The lowest BCUT2D eigenvalue weighted by Gasteiger charge is -2.27. The molecule has 41 heavy (non-hydrogen) atoms. The van der Waals surface area contributed by atoms with Gasteiger partial charge in [0.05, 0.1) is 26.9 Å². The number of rotatable bonds is 9. The van der Waals surface area contributed by atoms with E-state index in [9.17, 15) is 24.5 Å². The highest BCUT2D eigenvalue weighted by molar-refractivity contribution is 5.98. The van der Waals surface area contributed by atoms with Gasteiger partial charge in [-0.1, -0.05) is 18.2 Å². The van der Waals surface area contributed by atoms with Crippen molar-refractivity contribution in [3.8, 4) is 17.2 Å². The maximum absolute atomic E-state index is 13.1. The van der Waals surface area contributed by atoms with Gasteiger partial charge in [0, 0.05) is 30.9 Å². The monoisotopic (exact) mass is 566 g/mol. The fraction of sp³-hybridized carbons (Fsp3) is 0.345. The van der Waals surface area contributed by atoms with Gasteiger partial charge in [0.2, 0.25) is 11.7 Å². The van der Waals surface area contributed by atoms with Gasteiger partial charge >= 0.3 is 5.97 Å². The molecule has 4 rings (SSSR count). The van der Waals surface area contributed by atoms with Gasteiger partial charge in [0.25, 0.3) is 5.09 Å². The zero-order valence-electron chi connectivity index (χ0n) is 23.1. The van der Waals surface area contributed by atoms with Crippen LogP contribution < -0.4 is 19.5 Å². The number of benzene rings is 2. The Morgan fingerprint density at radius 1 is 1.05 bits per heavy atom. The summed E-state index contributed by atoms with van der Waals surface area (Å²) in [6.45, 7) is 1.18. The summed E-state index contributed by atoms with van der Waals surface area (Å²) in [6, 6.07) is 7.36. The number of fused-ring (bicyclic) bond motifs is 3. The Labute approximate surface area is 236 Å². The van der Waals surface area contributed by atoms with Crippen molar-refractivity contribution in [2.24, 2.45) is 5.92 Å². The molecule has 2 aliphatic rings. The first-order chi connectivity index (χ1) is 19.7. The molecule has 2 atom stereocenters. The smallest absolute Gasteiger partial charge is 0.343 e. The molecule has 12 nitrogen and oxygen atoms in total. The van der Waals surface area contributed by atoms with Crippen LogP contribution in [0.15, 0.2) is 48.2 Å². The Hall–Kier alpha value is -4.87. The normalized spacial score (nSPS) is 17.8. The second kappa shape index (κ2) is 12.5. The van der Waals surface area contributed by atoms with Crippen LogP contribution in [-0.2, 0) is 32.2 Å². The maximum atomic E-state index is 13.1. The molecule has 1 amide bonds. The third-order valence-electron chi connectivity index (χ3n) is 7.02. The number of esters is 1. The Morgan fingerprint density at radius 2 is 1.76 bits per heavy atom. The van der Waals surface area contributed by atoms with E-state index in [-0.39, 0.29) is 59.5 Å². The standard InChI is InChI=1S/C29H30N2O10/c1-16(32)30-22-11-9-19-13-25(41-29(34)18-7-5-17(6-8-18)15-40-31(35)36)27(38-3)28(39-4)26(19)20-10-12-24(37-2)23(33)14-21(20)22/h5-8,10,12-13,21-22H,9,11,14-15H2,1-4H3,(H,30,32)/t21?,22-/m0/s1. The zero-order chi connectivity index (χ0) is 29.7. The number of methoxy groups -OCH3 is 3. The first kappa shape index (κ1) is 29.1. The maximum Gasteiger partial charge on any atom is 0.343 e. The van der Waals surface area contributed by atoms with Crippen molar-refractivity contribution in [2.45, 2.75) is 38.8 Å². The summed E-state index contributed by atoms with van der Waals surface area (Å²) in [5, 5.41) is 12.5. The van der Waals surface area contributed by atoms with Crippen molar-refractivity contribution in [3.63, 3.8) is 0 Å². The van der Waals surface area contributed by atoms with E-state index >= 15 is 0 Å². The average Bonchev–Trinajstić information content (AvgIpc) is 3.19. The van der Waals surface area contributed by atoms with E-state index in [2.05, 4.69) is 10.2 Å². The lowest BCUT2D eigenvalue weighted by atomic mass is 9.83. The zero-order valence-corrected chi connectivity index (χ0v) is 23.1. The SMILES string of the molecule is COC1=CC=C2c3c(cc(OC(=O)c4ccc(CO[N+](=O)[O-])cc4)c(OC)c3OC)CC[C@H](NC(C)=O)C2CC1=O. The summed E-state index contributed by atoms with van der Waals surface area (Å²) >= 11 is 0. The number of aryl methyl sites for hydroxylation is 1. The predicted octanol–water partition coefficient (Wildman–Crippen LogP) is 3.58. The van der Waals surface area contributed by atoms with Crippen LogP contribution in [0.2, 0.25) is 0 Å². The molecule has 0 fully saturated rings. The molecule has 0 saturated heterocycles. The number of nitrogens with one attached hydrogen (secondary N) is 1. The second-order valence-corrected chi connectivity index (χ2v) is 9.50. The summed E-state index contributed by atoms with van der Waals surface area (Å²) in [5.74, 6) is -0.616. The van der Waals surface area contributed by atoms with E-state index < -0.39 is 11.1 Å². The van der Waals surface area contributed by atoms with Crippen molar-refractivity contribution in [3.05, 3.63) is 80.6 Å². The van der Waals surface area contributed by atoms with Crippen LogP contribution in [0.25, 0.3) is 5.57 Å². The van der Waals surface area contributed by atoms with Crippen LogP contribution >= 0.6 is 0 Å². The molecule has 0 saturated carbocycles. The average molecular weight is 567 g/mol. The minimum atomic E-state index is -0.892. The number of carbonyl (C=O) groups excluding carboxylic acids is 3. The van der Waals surface area contributed by atoms with E-state index in [1.54, 1.807) is 18.2 Å². The highest BCUT2D eigenvalue weighted by Crippen LogP contribution is 2.50. The summed E-state index contributed by atoms with van der Waals surface area (Å²) < 4.78 is 22.5. The number of hydrogen-bond donors (Lipinski definition) is 1. The molecular formula is C29H30N2O10. The third-order valence-corrected chi connectivity index (χ3v) is 7.02. The molecular weight excluding hydrogens is 536 g/mol.